The molecule has 0 saturated carbocycles. The molecular weight excluding hydrogens is 206 g/mol. The molecule has 1 N–H and O–H groups in total. The van der Waals surface area contributed by atoms with Gasteiger partial charge in [-0.05, 0) is 36.5 Å². The van der Waals surface area contributed by atoms with Gasteiger partial charge in [0, 0.05) is 11.7 Å². The van der Waals surface area contributed by atoms with Crippen LogP contribution >= 0.6 is 0 Å². The van der Waals surface area contributed by atoms with E-state index in [1.807, 2.05) is 0 Å². The van der Waals surface area contributed by atoms with Crippen LogP contribution in [0, 0.1) is 0 Å². The quantitative estimate of drug-likeness (QED) is 0.819. The molecule has 1 heterocycles. The summed E-state index contributed by atoms with van der Waals surface area (Å²) in [5, 5.41) is 3.65. The molecule has 1 aliphatic rings. The molecule has 0 amide bonds. The first kappa shape index (κ1) is 10.4. The first-order chi connectivity index (χ1) is 8.42. The van der Waals surface area contributed by atoms with Gasteiger partial charge in [0.1, 0.15) is 0 Å². The maximum atomic E-state index is 3.65. The van der Waals surface area contributed by atoms with E-state index in [-0.39, 0.29) is 0 Å². The monoisotopic (exact) mass is 223 g/mol. The Morgan fingerprint density at radius 2 is 1.71 bits per heavy atom. The first-order valence-electron chi connectivity index (χ1n) is 6.30. The molecule has 1 atom stereocenters. The van der Waals surface area contributed by atoms with Crippen molar-refractivity contribution in [3.05, 3.63) is 65.7 Å². The third-order valence-electron chi connectivity index (χ3n) is 3.46. The molecule has 0 fully saturated rings. The number of hydrogen-bond donors (Lipinski definition) is 1. The molecule has 2 aromatic rings. The second-order valence-electron chi connectivity index (χ2n) is 4.73. The van der Waals surface area contributed by atoms with E-state index in [2.05, 4.69) is 59.9 Å². The number of nitrogens with one attached hydrogen (secondary N) is 1. The summed E-state index contributed by atoms with van der Waals surface area (Å²) in [7, 11) is 0. The molecule has 0 spiro atoms. The molecule has 86 valence electrons. The van der Waals surface area contributed by atoms with Crippen molar-refractivity contribution >= 4 is 5.69 Å². The van der Waals surface area contributed by atoms with Crippen molar-refractivity contribution in [1.29, 1.82) is 0 Å². The van der Waals surface area contributed by atoms with Crippen LogP contribution in [0.5, 0.6) is 0 Å². The number of hydrogen-bond acceptors (Lipinski definition) is 1. The first-order valence-corrected chi connectivity index (χ1v) is 6.30. The Morgan fingerprint density at radius 1 is 0.941 bits per heavy atom. The van der Waals surface area contributed by atoms with Crippen molar-refractivity contribution in [2.75, 3.05) is 5.32 Å². The van der Waals surface area contributed by atoms with Crippen LogP contribution in [0.2, 0.25) is 0 Å². The highest BCUT2D eigenvalue weighted by atomic mass is 14.9. The van der Waals surface area contributed by atoms with E-state index in [1.165, 1.54) is 29.7 Å². The Morgan fingerprint density at radius 3 is 2.59 bits per heavy atom. The number of fused-ring (bicyclic) bond motifs is 1. The summed E-state index contributed by atoms with van der Waals surface area (Å²) in [5.74, 6) is 0. The topological polar surface area (TPSA) is 12.0 Å². The highest BCUT2D eigenvalue weighted by molar-refractivity contribution is 5.53. The molecular formula is C16H17N. The van der Waals surface area contributed by atoms with E-state index >= 15 is 0 Å². The zero-order valence-corrected chi connectivity index (χ0v) is 9.89. The molecule has 0 aromatic heterocycles. The summed E-state index contributed by atoms with van der Waals surface area (Å²) < 4.78 is 0. The van der Waals surface area contributed by atoms with Crippen molar-refractivity contribution < 1.29 is 0 Å². The average molecular weight is 223 g/mol. The minimum Gasteiger partial charge on any atom is -0.382 e. The fourth-order valence-electron chi connectivity index (χ4n) is 2.55. The normalized spacial score (nSPS) is 18.2. The fourth-order valence-corrected chi connectivity index (χ4v) is 2.55. The van der Waals surface area contributed by atoms with Crippen molar-refractivity contribution in [3.8, 4) is 0 Å². The Kier molecular flexibility index (Phi) is 2.83. The lowest BCUT2D eigenvalue weighted by Crippen LogP contribution is -2.27. The Hall–Kier alpha value is -1.76. The number of para-hydroxylation sites is 1. The second kappa shape index (κ2) is 4.62. The van der Waals surface area contributed by atoms with Crippen LogP contribution in [0.4, 0.5) is 5.69 Å². The predicted octanol–water partition coefficient (Wildman–Crippen LogP) is 3.66. The van der Waals surface area contributed by atoms with E-state index in [9.17, 15) is 0 Å². The summed E-state index contributed by atoms with van der Waals surface area (Å²) >= 11 is 0. The van der Waals surface area contributed by atoms with Gasteiger partial charge in [0.2, 0.25) is 0 Å². The highest BCUT2D eigenvalue weighted by Gasteiger charge is 2.16. The van der Waals surface area contributed by atoms with Gasteiger partial charge in [-0.2, -0.15) is 0 Å². The second-order valence-corrected chi connectivity index (χ2v) is 4.73. The van der Waals surface area contributed by atoms with Gasteiger partial charge < -0.3 is 5.32 Å². The highest BCUT2D eigenvalue weighted by Crippen LogP contribution is 2.25. The molecule has 17 heavy (non-hydrogen) atoms. The molecule has 0 aliphatic carbocycles. The van der Waals surface area contributed by atoms with Gasteiger partial charge >= 0.3 is 0 Å². The Labute approximate surface area is 102 Å². The zero-order valence-electron chi connectivity index (χ0n) is 9.89. The van der Waals surface area contributed by atoms with Crippen molar-refractivity contribution in [3.63, 3.8) is 0 Å². The van der Waals surface area contributed by atoms with Crippen LogP contribution in [0.3, 0.4) is 0 Å². The SMILES string of the molecule is c1ccc(C[C@@H]2CCc3ccccc3N2)cc1. The lowest BCUT2D eigenvalue weighted by Gasteiger charge is -2.27. The summed E-state index contributed by atoms with van der Waals surface area (Å²) in [4.78, 5) is 0. The molecule has 1 heteroatoms. The van der Waals surface area contributed by atoms with Gasteiger partial charge in [0.25, 0.3) is 0 Å². The molecule has 0 saturated heterocycles. The van der Waals surface area contributed by atoms with Gasteiger partial charge in [0.05, 0.1) is 0 Å². The number of benzene rings is 2. The summed E-state index contributed by atoms with van der Waals surface area (Å²) in [5.41, 5.74) is 4.20. The van der Waals surface area contributed by atoms with Gasteiger partial charge in [-0.3, -0.25) is 0 Å². The van der Waals surface area contributed by atoms with Crippen LogP contribution in [-0.4, -0.2) is 6.04 Å². The predicted molar refractivity (Wildman–Crippen MR) is 72.3 cm³/mol. The summed E-state index contributed by atoms with van der Waals surface area (Å²) in [6.45, 7) is 0. The van der Waals surface area contributed by atoms with E-state index < -0.39 is 0 Å². The lowest BCUT2D eigenvalue weighted by atomic mass is 9.94. The Bertz CT molecular complexity index is 490. The molecule has 3 rings (SSSR count). The minimum atomic E-state index is 0.576. The molecule has 2 aromatic carbocycles. The molecule has 1 nitrogen and oxygen atoms in total. The lowest BCUT2D eigenvalue weighted by molar-refractivity contribution is 0.628. The molecule has 0 unspecified atom stereocenters. The van der Waals surface area contributed by atoms with Crippen molar-refractivity contribution in [1.82, 2.24) is 0 Å². The molecule has 0 bridgehead atoms. The van der Waals surface area contributed by atoms with Gasteiger partial charge in [-0.1, -0.05) is 48.5 Å². The van der Waals surface area contributed by atoms with Crippen LogP contribution in [0.1, 0.15) is 17.5 Å². The maximum absolute atomic E-state index is 3.65. The number of anilines is 1. The number of aryl methyl sites for hydroxylation is 1. The van der Waals surface area contributed by atoms with Crippen LogP contribution < -0.4 is 5.32 Å². The summed E-state index contributed by atoms with van der Waals surface area (Å²) in [6, 6.07) is 19.9. The van der Waals surface area contributed by atoms with Crippen molar-refractivity contribution in [2.45, 2.75) is 25.3 Å². The molecule has 0 radical (unpaired) electrons. The van der Waals surface area contributed by atoms with Crippen molar-refractivity contribution in [2.24, 2.45) is 0 Å². The minimum absolute atomic E-state index is 0.576. The van der Waals surface area contributed by atoms with Gasteiger partial charge in [-0.25, -0.2) is 0 Å². The van der Waals surface area contributed by atoms with E-state index in [1.54, 1.807) is 0 Å². The smallest absolute Gasteiger partial charge is 0.0374 e. The van der Waals surface area contributed by atoms with Crippen LogP contribution in [-0.2, 0) is 12.8 Å². The fraction of sp³-hybridized carbons (Fsp3) is 0.250. The Balaban J connectivity index is 1.72. The zero-order chi connectivity index (χ0) is 11.5. The molecule has 1 aliphatic heterocycles. The van der Waals surface area contributed by atoms with Gasteiger partial charge in [-0.15, -0.1) is 0 Å². The summed E-state index contributed by atoms with van der Waals surface area (Å²) in [6.07, 6.45) is 3.54. The average Bonchev–Trinajstić information content (AvgIpc) is 2.40. The van der Waals surface area contributed by atoms with Crippen LogP contribution in [0.15, 0.2) is 54.6 Å². The maximum Gasteiger partial charge on any atom is 0.0374 e. The third-order valence-corrected chi connectivity index (χ3v) is 3.46. The third kappa shape index (κ3) is 2.33. The largest absolute Gasteiger partial charge is 0.382 e. The standard InChI is InChI=1S/C16H17N/c1-2-6-13(7-3-1)12-15-11-10-14-8-4-5-9-16(14)17-15/h1-9,15,17H,10-12H2/t15-/m0/s1. The van der Waals surface area contributed by atoms with Crippen LogP contribution in [0.25, 0.3) is 0 Å². The van der Waals surface area contributed by atoms with Gasteiger partial charge in [0.15, 0.2) is 0 Å². The van der Waals surface area contributed by atoms with E-state index in [4.69, 9.17) is 0 Å². The van der Waals surface area contributed by atoms with E-state index in [0.717, 1.165) is 6.42 Å². The van der Waals surface area contributed by atoms with E-state index in [0.29, 0.717) is 6.04 Å². The number of rotatable bonds is 2.